The molecule has 5 nitrogen and oxygen atoms in total. The Bertz CT molecular complexity index is 828. The van der Waals surface area contributed by atoms with E-state index in [1.807, 2.05) is 0 Å². The second-order valence-corrected chi connectivity index (χ2v) is 6.92. The summed E-state index contributed by atoms with van der Waals surface area (Å²) in [7, 11) is 0. The Morgan fingerprint density at radius 3 is 2.56 bits per heavy atom. The molecular formula is C16H16F3N3O2S. The van der Waals surface area contributed by atoms with Crippen LogP contribution in [0.1, 0.15) is 33.8 Å². The van der Waals surface area contributed by atoms with Gasteiger partial charge in [0, 0.05) is 24.4 Å². The van der Waals surface area contributed by atoms with E-state index < -0.39 is 11.9 Å². The number of carbonyl (C=O) groups excluding carboxylic acids is 2. The van der Waals surface area contributed by atoms with Crippen LogP contribution in [0.3, 0.4) is 0 Å². The van der Waals surface area contributed by atoms with Crippen molar-refractivity contribution in [3.8, 4) is 0 Å². The van der Waals surface area contributed by atoms with Gasteiger partial charge in [0.2, 0.25) is 5.91 Å². The highest BCUT2D eigenvalue weighted by atomic mass is 32.1. The average molecular weight is 371 g/mol. The van der Waals surface area contributed by atoms with Crippen molar-refractivity contribution in [2.45, 2.75) is 25.9 Å². The zero-order chi connectivity index (χ0) is 18.2. The number of aryl methyl sites for hydroxylation is 1. The molecule has 0 saturated heterocycles. The number of hydrogen-bond donors (Lipinski definition) is 2. The fourth-order valence-corrected chi connectivity index (χ4v) is 3.50. The van der Waals surface area contributed by atoms with E-state index in [-0.39, 0.29) is 29.1 Å². The highest BCUT2D eigenvalue weighted by Gasteiger charge is 2.33. The lowest BCUT2D eigenvalue weighted by molar-refractivity contribution is -0.140. The highest BCUT2D eigenvalue weighted by molar-refractivity contribution is 7.20. The molecule has 2 N–H and O–H groups in total. The van der Waals surface area contributed by atoms with Gasteiger partial charge in [-0.05, 0) is 37.5 Å². The molecule has 2 amide bonds. The van der Waals surface area contributed by atoms with Crippen molar-refractivity contribution in [1.29, 1.82) is 0 Å². The molecule has 9 heteroatoms. The summed E-state index contributed by atoms with van der Waals surface area (Å²) < 4.78 is 38.2. The third-order valence-corrected chi connectivity index (χ3v) is 5.16. The van der Waals surface area contributed by atoms with E-state index in [0.717, 1.165) is 30.2 Å². The number of aromatic nitrogens is 1. The molecule has 0 bridgehead atoms. The fraction of sp³-hybridized carbons (Fsp3) is 0.438. The summed E-state index contributed by atoms with van der Waals surface area (Å²) in [5.41, 5.74) is -0.378. The second kappa shape index (κ2) is 6.62. The zero-order valence-corrected chi connectivity index (χ0v) is 14.2. The molecule has 1 saturated carbocycles. The van der Waals surface area contributed by atoms with Crippen molar-refractivity contribution in [2.24, 2.45) is 5.92 Å². The first-order valence-corrected chi connectivity index (χ1v) is 8.62. The fourth-order valence-electron chi connectivity index (χ4n) is 2.41. The third-order valence-electron chi connectivity index (χ3n) is 3.96. The number of fused-ring (bicyclic) bond motifs is 1. The monoisotopic (exact) mass is 371 g/mol. The minimum atomic E-state index is -4.52. The Morgan fingerprint density at radius 2 is 1.92 bits per heavy atom. The van der Waals surface area contributed by atoms with Crippen molar-refractivity contribution in [2.75, 3.05) is 13.1 Å². The molecule has 0 unspecified atom stereocenters. The van der Waals surface area contributed by atoms with Crippen molar-refractivity contribution in [1.82, 2.24) is 15.6 Å². The molecule has 3 rings (SSSR count). The van der Waals surface area contributed by atoms with E-state index >= 15 is 0 Å². The molecule has 0 aliphatic heterocycles. The smallest absolute Gasteiger partial charge is 0.354 e. The Kier molecular flexibility index (Phi) is 4.68. The minimum absolute atomic E-state index is 0.00354. The quantitative estimate of drug-likeness (QED) is 0.794. The largest absolute Gasteiger partial charge is 0.433 e. The minimum Gasteiger partial charge on any atom is -0.354 e. The first-order valence-electron chi connectivity index (χ1n) is 7.80. The van der Waals surface area contributed by atoms with Gasteiger partial charge < -0.3 is 10.6 Å². The number of carbonyl (C=O) groups is 2. The molecule has 1 fully saturated rings. The summed E-state index contributed by atoms with van der Waals surface area (Å²) in [6.45, 7) is 2.26. The summed E-state index contributed by atoms with van der Waals surface area (Å²) in [6.07, 6.45) is -2.70. The predicted octanol–water partition coefficient (Wildman–Crippen LogP) is 2.88. The molecule has 2 aromatic heterocycles. The second-order valence-electron chi connectivity index (χ2n) is 5.92. The number of alkyl halides is 3. The summed E-state index contributed by atoms with van der Waals surface area (Å²) in [6, 6.07) is 2.25. The van der Waals surface area contributed by atoms with E-state index in [9.17, 15) is 22.8 Å². The van der Waals surface area contributed by atoms with Gasteiger partial charge in [0.15, 0.2) is 0 Å². The van der Waals surface area contributed by atoms with Crippen LogP contribution in [-0.4, -0.2) is 29.9 Å². The number of hydrogen-bond acceptors (Lipinski definition) is 4. The van der Waals surface area contributed by atoms with Crippen LogP contribution < -0.4 is 10.6 Å². The number of nitrogens with zero attached hydrogens (tertiary/aromatic N) is 1. The van der Waals surface area contributed by atoms with Gasteiger partial charge in [0.1, 0.15) is 10.5 Å². The molecule has 2 heterocycles. The van der Waals surface area contributed by atoms with Gasteiger partial charge in [-0.2, -0.15) is 13.2 Å². The molecule has 1 aliphatic rings. The number of halogens is 3. The maximum Gasteiger partial charge on any atom is 0.433 e. The number of rotatable bonds is 5. The lowest BCUT2D eigenvalue weighted by atomic mass is 10.2. The number of pyridine rings is 1. The van der Waals surface area contributed by atoms with Gasteiger partial charge in [-0.1, -0.05) is 0 Å². The van der Waals surface area contributed by atoms with Gasteiger partial charge >= 0.3 is 6.18 Å². The Hall–Kier alpha value is -2.16. The summed E-state index contributed by atoms with van der Waals surface area (Å²) in [5.74, 6) is -0.277. The van der Waals surface area contributed by atoms with Crippen molar-refractivity contribution >= 4 is 33.4 Å². The molecule has 0 radical (unpaired) electrons. The number of nitrogens with one attached hydrogen (secondary N) is 2. The molecule has 0 atom stereocenters. The Morgan fingerprint density at radius 1 is 1.24 bits per heavy atom. The Labute approximate surface area is 145 Å². The molecule has 1 aliphatic carbocycles. The highest BCUT2D eigenvalue weighted by Crippen LogP contribution is 2.34. The Balaban J connectivity index is 1.66. The van der Waals surface area contributed by atoms with Crippen LogP contribution in [0.4, 0.5) is 13.2 Å². The molecule has 0 aromatic carbocycles. The lowest BCUT2D eigenvalue weighted by Crippen LogP contribution is -2.35. The van der Waals surface area contributed by atoms with Crippen molar-refractivity contribution in [3.63, 3.8) is 0 Å². The number of amides is 2. The van der Waals surface area contributed by atoms with E-state index in [4.69, 9.17) is 0 Å². The molecule has 0 spiro atoms. The molecule has 134 valence electrons. The van der Waals surface area contributed by atoms with Crippen molar-refractivity contribution in [3.05, 3.63) is 28.3 Å². The molecular weight excluding hydrogens is 355 g/mol. The van der Waals surface area contributed by atoms with Crippen molar-refractivity contribution < 1.29 is 22.8 Å². The van der Waals surface area contributed by atoms with Gasteiger partial charge in [-0.25, -0.2) is 4.98 Å². The summed E-state index contributed by atoms with van der Waals surface area (Å²) in [5, 5.41) is 5.93. The van der Waals surface area contributed by atoms with Gasteiger partial charge in [-0.15, -0.1) is 11.3 Å². The summed E-state index contributed by atoms with van der Waals surface area (Å²) >= 11 is 0.931. The van der Waals surface area contributed by atoms with Crippen LogP contribution in [-0.2, 0) is 11.0 Å². The van der Waals surface area contributed by atoms with Crippen LogP contribution in [0, 0.1) is 12.8 Å². The number of thiophene rings is 1. The zero-order valence-electron chi connectivity index (χ0n) is 13.4. The first-order chi connectivity index (χ1) is 11.8. The lowest BCUT2D eigenvalue weighted by Gasteiger charge is -2.06. The van der Waals surface area contributed by atoms with Crippen LogP contribution in [0.5, 0.6) is 0 Å². The van der Waals surface area contributed by atoms with E-state index in [1.165, 1.54) is 6.07 Å². The third kappa shape index (κ3) is 3.92. The van der Waals surface area contributed by atoms with Crippen LogP contribution in [0.15, 0.2) is 12.1 Å². The first kappa shape index (κ1) is 17.7. The normalized spacial score (nSPS) is 14.6. The van der Waals surface area contributed by atoms with Gasteiger partial charge in [0.25, 0.3) is 5.91 Å². The van der Waals surface area contributed by atoms with E-state index in [1.54, 1.807) is 6.92 Å². The SMILES string of the molecule is Cc1c(C(=O)NCCNC(=O)C2CC2)sc2nc(C(F)(F)F)ccc12. The standard InChI is InChI=1S/C16H16F3N3O2S/c1-8-10-4-5-11(16(17,18)19)22-15(10)25-12(8)14(24)21-7-6-20-13(23)9-2-3-9/h4-5,9H,2-3,6-7H2,1H3,(H,20,23)(H,21,24). The summed E-state index contributed by atoms with van der Waals surface area (Å²) in [4.78, 5) is 27.8. The van der Waals surface area contributed by atoms with E-state index in [2.05, 4.69) is 15.6 Å². The van der Waals surface area contributed by atoms with Gasteiger partial charge in [-0.3, -0.25) is 9.59 Å². The van der Waals surface area contributed by atoms with Gasteiger partial charge in [0.05, 0.1) is 4.88 Å². The maximum atomic E-state index is 12.7. The van der Waals surface area contributed by atoms with E-state index in [0.29, 0.717) is 22.4 Å². The average Bonchev–Trinajstić information content (AvgIpc) is 3.35. The molecule has 2 aromatic rings. The van der Waals surface area contributed by atoms with Crippen LogP contribution in [0.25, 0.3) is 10.2 Å². The van der Waals surface area contributed by atoms with Crippen LogP contribution >= 0.6 is 11.3 Å². The topological polar surface area (TPSA) is 71.1 Å². The molecule has 25 heavy (non-hydrogen) atoms. The van der Waals surface area contributed by atoms with Crippen LogP contribution in [0.2, 0.25) is 0 Å². The predicted molar refractivity (Wildman–Crippen MR) is 87.4 cm³/mol. The maximum absolute atomic E-state index is 12.7.